The number of anilines is 2. The van der Waals surface area contributed by atoms with Gasteiger partial charge in [-0.3, -0.25) is 25.2 Å². The van der Waals surface area contributed by atoms with Gasteiger partial charge >= 0.3 is 12.1 Å². The minimum Gasteiger partial charge on any atom is -0.480 e. The minimum absolute atomic E-state index is 0.0177. The Hall–Kier alpha value is -4.83. The summed E-state index contributed by atoms with van der Waals surface area (Å²) in [5.74, 6) is -1.87. The highest BCUT2D eigenvalue weighted by molar-refractivity contribution is 6.03. The lowest BCUT2D eigenvalue weighted by Crippen LogP contribution is -2.56. The van der Waals surface area contributed by atoms with E-state index in [0.29, 0.717) is 37.2 Å². The highest BCUT2D eigenvalue weighted by atomic mass is 19.4. The van der Waals surface area contributed by atoms with Gasteiger partial charge in [-0.1, -0.05) is 25.3 Å². The zero-order valence-electron chi connectivity index (χ0n) is 29.4. The van der Waals surface area contributed by atoms with Crippen LogP contribution in [0.3, 0.4) is 0 Å². The minimum atomic E-state index is -4.71. The summed E-state index contributed by atoms with van der Waals surface area (Å²) in [6, 6.07) is 5.90. The number of alkyl halides is 3. The predicted molar refractivity (Wildman–Crippen MR) is 187 cm³/mol. The highest BCUT2D eigenvalue weighted by Crippen LogP contribution is 2.41. The number of carbonyl (C=O) groups excluding carboxylic acids is 1. The Bertz CT molecular complexity index is 1900. The van der Waals surface area contributed by atoms with E-state index in [9.17, 15) is 27.9 Å². The second-order valence-electron chi connectivity index (χ2n) is 13.8. The van der Waals surface area contributed by atoms with Gasteiger partial charge in [0.25, 0.3) is 5.91 Å². The average Bonchev–Trinajstić information content (AvgIpc) is 3.50. The molecule has 0 unspecified atom stereocenters. The zero-order chi connectivity index (χ0) is 37.1. The molecular weight excluding hydrogens is 681 g/mol. The lowest BCUT2D eigenvalue weighted by atomic mass is 9.74. The summed E-state index contributed by atoms with van der Waals surface area (Å²) < 4.78 is 53.0. The number of aromatic nitrogens is 5. The zero-order valence-corrected chi connectivity index (χ0v) is 29.4. The molecule has 6 rings (SSSR count). The predicted octanol–water partition coefficient (Wildman–Crippen LogP) is 6.21. The van der Waals surface area contributed by atoms with Gasteiger partial charge in [0.2, 0.25) is 11.8 Å². The largest absolute Gasteiger partial charge is 0.480 e. The third-order valence-corrected chi connectivity index (χ3v) is 10.1. The normalized spacial score (nSPS) is 16.7. The number of fused-ring (bicyclic) bond motifs is 1. The van der Waals surface area contributed by atoms with E-state index in [-0.39, 0.29) is 47.1 Å². The fraction of sp³-hybridized carbons (Fsp3) is 0.500. The average molecular weight is 725 g/mol. The lowest BCUT2D eigenvalue weighted by molar-refractivity contribution is -0.149. The number of aliphatic carboxylic acids is 1. The molecule has 2 saturated carbocycles. The van der Waals surface area contributed by atoms with E-state index in [0.717, 1.165) is 50.2 Å². The van der Waals surface area contributed by atoms with Crippen LogP contribution in [0.2, 0.25) is 0 Å². The molecule has 0 spiro atoms. The first-order valence-corrected chi connectivity index (χ1v) is 17.4. The molecule has 13 nitrogen and oxygen atoms in total. The van der Waals surface area contributed by atoms with Crippen molar-refractivity contribution >= 4 is 34.7 Å². The van der Waals surface area contributed by atoms with E-state index in [4.69, 9.17) is 9.47 Å². The summed E-state index contributed by atoms with van der Waals surface area (Å²) in [7, 11) is 3.59. The number of nitrogens with one attached hydrogen (secondary N) is 3. The Labute approximate surface area is 298 Å². The topological polar surface area (TPSA) is 167 Å². The van der Waals surface area contributed by atoms with Gasteiger partial charge in [0.1, 0.15) is 22.3 Å². The standard InChI is InChI=1S/C36H43F3N8O5/c1-4-52-31-24(36(37,38)39)15-23(19-41-31)26-16-27(47(2)20-34(21-51-3)11-6-5-7-12-34)28-29(43-26)45-33(44-28)46-30(48)25-10-9-22(17-40-25)18-42-35(32(49)50)13-8-14-35/h9-10,15-17,19,42H,4-8,11-14,18,20-21H2,1-3H3,(H,49,50)(H2,43,44,45,46,48). The van der Waals surface area contributed by atoms with Crippen molar-refractivity contribution in [2.24, 2.45) is 5.41 Å². The molecule has 4 aromatic heterocycles. The van der Waals surface area contributed by atoms with Crippen LogP contribution in [-0.4, -0.2) is 81.4 Å². The molecule has 4 N–H and O–H groups in total. The maximum atomic E-state index is 14.1. The number of carboxylic acids is 1. The molecular formula is C36H43F3N8O5. The number of methoxy groups -OCH3 is 1. The van der Waals surface area contributed by atoms with Crippen molar-refractivity contribution in [1.82, 2.24) is 30.2 Å². The number of halogens is 3. The number of ether oxygens (including phenoxy) is 2. The number of hydrogen-bond donors (Lipinski definition) is 4. The molecule has 16 heteroatoms. The summed E-state index contributed by atoms with van der Waals surface area (Å²) in [5.41, 5.74) is 0.371. The smallest absolute Gasteiger partial charge is 0.421 e. The highest BCUT2D eigenvalue weighted by Gasteiger charge is 2.44. The van der Waals surface area contributed by atoms with Crippen LogP contribution in [0.5, 0.6) is 5.88 Å². The number of H-pyrrole nitrogens is 1. The monoisotopic (exact) mass is 724 g/mol. The summed E-state index contributed by atoms with van der Waals surface area (Å²) in [5, 5.41) is 15.4. The number of rotatable bonds is 14. The molecule has 0 radical (unpaired) electrons. The van der Waals surface area contributed by atoms with E-state index in [2.05, 4.69) is 35.6 Å². The first kappa shape index (κ1) is 36.9. The molecule has 4 heterocycles. The van der Waals surface area contributed by atoms with Crippen molar-refractivity contribution in [3.63, 3.8) is 0 Å². The first-order valence-electron chi connectivity index (χ1n) is 17.4. The van der Waals surface area contributed by atoms with Gasteiger partial charge in [-0.05, 0) is 62.8 Å². The quantitative estimate of drug-likeness (QED) is 0.117. The van der Waals surface area contributed by atoms with Gasteiger partial charge in [-0.25, -0.2) is 9.97 Å². The van der Waals surface area contributed by atoms with E-state index >= 15 is 0 Å². The molecule has 2 aliphatic rings. The second kappa shape index (κ2) is 15.0. The molecule has 52 heavy (non-hydrogen) atoms. The summed E-state index contributed by atoms with van der Waals surface area (Å²) in [4.78, 5) is 47.5. The Kier molecular flexibility index (Phi) is 10.7. The molecule has 0 atom stereocenters. The number of hydrogen-bond acceptors (Lipinski definition) is 10. The summed E-state index contributed by atoms with van der Waals surface area (Å²) in [6.45, 7) is 3.05. The molecule has 0 bridgehead atoms. The number of aromatic amines is 1. The number of amides is 1. The van der Waals surface area contributed by atoms with Crippen molar-refractivity contribution in [3.05, 3.63) is 53.5 Å². The molecule has 2 aliphatic carbocycles. The SMILES string of the molecule is CCOc1ncc(-c2cc(N(C)CC3(COC)CCCCC3)c3[nH]c(NC(=O)c4ccc(CNC5(C(=O)O)CCC5)cn4)nc3n2)cc1C(F)(F)F. The van der Waals surface area contributed by atoms with Crippen molar-refractivity contribution in [3.8, 4) is 17.1 Å². The molecule has 0 aliphatic heterocycles. The van der Waals surface area contributed by atoms with Gasteiger partial charge in [0.05, 0.1) is 24.6 Å². The van der Waals surface area contributed by atoms with Crippen molar-refractivity contribution in [1.29, 1.82) is 0 Å². The molecule has 278 valence electrons. The van der Waals surface area contributed by atoms with E-state index in [1.807, 2.05) is 11.9 Å². The lowest BCUT2D eigenvalue weighted by Gasteiger charge is -2.40. The molecule has 1 amide bonds. The van der Waals surface area contributed by atoms with Crippen LogP contribution in [-0.2, 0) is 22.3 Å². The van der Waals surface area contributed by atoms with Crippen molar-refractivity contribution < 1.29 is 37.3 Å². The fourth-order valence-corrected chi connectivity index (χ4v) is 7.17. The molecule has 0 saturated heterocycles. The van der Waals surface area contributed by atoms with Gasteiger partial charge in [0, 0.05) is 50.6 Å². The van der Waals surface area contributed by atoms with Crippen LogP contribution in [0.4, 0.5) is 24.8 Å². The van der Waals surface area contributed by atoms with Crippen molar-refractivity contribution in [2.75, 3.05) is 44.1 Å². The van der Waals surface area contributed by atoms with Gasteiger partial charge in [-0.15, -0.1) is 0 Å². The first-order chi connectivity index (χ1) is 24.8. The van der Waals surface area contributed by atoms with E-state index < -0.39 is 35.0 Å². The van der Waals surface area contributed by atoms with Crippen molar-refractivity contribution in [2.45, 2.75) is 76.6 Å². The maximum Gasteiger partial charge on any atom is 0.421 e. The van der Waals surface area contributed by atoms with Crippen LogP contribution in [0.15, 0.2) is 36.7 Å². The van der Waals surface area contributed by atoms with Gasteiger partial charge < -0.3 is 24.5 Å². The Morgan fingerprint density at radius 1 is 1.04 bits per heavy atom. The maximum absolute atomic E-state index is 14.1. The molecule has 4 aromatic rings. The number of pyridine rings is 3. The number of carbonyl (C=O) groups is 2. The number of nitrogens with zero attached hydrogens (tertiary/aromatic N) is 5. The van der Waals surface area contributed by atoms with Crippen LogP contribution in [0.1, 0.15) is 79.9 Å². The molecule has 0 aromatic carbocycles. The Balaban J connectivity index is 1.30. The van der Waals surface area contributed by atoms with Crippen LogP contribution in [0, 0.1) is 5.41 Å². The summed E-state index contributed by atoms with van der Waals surface area (Å²) >= 11 is 0. The number of imidazole rings is 1. The Morgan fingerprint density at radius 2 is 1.81 bits per heavy atom. The van der Waals surface area contributed by atoms with Crippen LogP contribution in [0.25, 0.3) is 22.4 Å². The summed E-state index contributed by atoms with van der Waals surface area (Å²) in [6.07, 6.45) is 5.27. The Morgan fingerprint density at radius 3 is 2.42 bits per heavy atom. The number of carboxylic acid groups (broad SMARTS) is 1. The van der Waals surface area contributed by atoms with Crippen LogP contribution >= 0.6 is 0 Å². The van der Waals surface area contributed by atoms with Gasteiger partial charge in [0.15, 0.2) is 5.65 Å². The van der Waals surface area contributed by atoms with E-state index in [1.165, 1.54) is 18.5 Å². The fourth-order valence-electron chi connectivity index (χ4n) is 7.17. The van der Waals surface area contributed by atoms with Crippen LogP contribution < -0.4 is 20.3 Å². The van der Waals surface area contributed by atoms with E-state index in [1.54, 1.807) is 26.2 Å². The third kappa shape index (κ3) is 7.82. The molecule has 2 fully saturated rings. The van der Waals surface area contributed by atoms with Gasteiger partial charge in [-0.2, -0.15) is 18.2 Å². The third-order valence-electron chi connectivity index (χ3n) is 10.1. The second-order valence-corrected chi connectivity index (χ2v) is 13.8.